The molecule has 192 valence electrons. The van der Waals surface area contributed by atoms with E-state index in [4.69, 9.17) is 4.98 Å². The Hall–Kier alpha value is -3.16. The van der Waals surface area contributed by atoms with Gasteiger partial charge in [0, 0.05) is 42.1 Å². The van der Waals surface area contributed by atoms with E-state index in [9.17, 15) is 13.0 Å². The second-order valence-corrected chi connectivity index (χ2v) is 14.5. The molecule has 0 saturated carbocycles. The third kappa shape index (κ3) is 4.63. The van der Waals surface area contributed by atoms with Gasteiger partial charge in [0.15, 0.2) is 5.82 Å². The average molecular weight is 560 g/mol. The van der Waals surface area contributed by atoms with Gasteiger partial charge in [-0.25, -0.2) is 4.98 Å². The lowest BCUT2D eigenvalue weighted by Gasteiger charge is -2.34. The molecule has 0 saturated heterocycles. The van der Waals surface area contributed by atoms with E-state index < -0.39 is 18.0 Å². The van der Waals surface area contributed by atoms with Crippen molar-refractivity contribution in [3.05, 3.63) is 114 Å². The van der Waals surface area contributed by atoms with Crippen molar-refractivity contribution in [3.63, 3.8) is 0 Å². The second kappa shape index (κ2) is 9.86. The highest BCUT2D eigenvalue weighted by molar-refractivity contribution is 8.09. The summed E-state index contributed by atoms with van der Waals surface area (Å²) in [6.07, 6.45) is 8.32. The molecule has 1 aromatic heterocycles. The SMILES string of the molecule is Cn1ccnc1C1=CC(=CC2Sc3ccc(S(=O)(=O)O)cc3P2C)c2ccccc2N1Cc1ccccc1. The van der Waals surface area contributed by atoms with Crippen LogP contribution in [-0.2, 0) is 23.7 Å². The smallest absolute Gasteiger partial charge is 0.294 e. The summed E-state index contributed by atoms with van der Waals surface area (Å²) in [6.45, 7) is 2.88. The molecule has 2 aliphatic rings. The van der Waals surface area contributed by atoms with Crippen molar-refractivity contribution in [2.45, 2.75) is 21.3 Å². The molecule has 2 aliphatic heterocycles. The minimum Gasteiger partial charge on any atom is -0.333 e. The zero-order valence-electron chi connectivity index (χ0n) is 20.9. The molecular formula is C29H26N3O3PS2. The molecule has 0 spiro atoms. The Morgan fingerprint density at radius 3 is 2.58 bits per heavy atom. The number of aryl methyl sites for hydroxylation is 1. The van der Waals surface area contributed by atoms with Crippen molar-refractivity contribution in [2.75, 3.05) is 11.6 Å². The molecule has 2 atom stereocenters. The van der Waals surface area contributed by atoms with Crippen molar-refractivity contribution in [3.8, 4) is 0 Å². The van der Waals surface area contributed by atoms with E-state index in [1.165, 1.54) is 11.6 Å². The Labute approximate surface area is 228 Å². The number of benzene rings is 3. The molecule has 1 N–H and O–H groups in total. The number of thioether (sulfide) groups is 1. The predicted octanol–water partition coefficient (Wildman–Crippen LogP) is 5.98. The molecule has 2 unspecified atom stereocenters. The molecule has 3 heterocycles. The molecule has 6 nitrogen and oxygen atoms in total. The zero-order valence-corrected chi connectivity index (χ0v) is 23.4. The third-order valence-corrected chi connectivity index (χ3v) is 12.2. The van der Waals surface area contributed by atoms with Gasteiger partial charge in [-0.05, 0) is 53.4 Å². The maximum Gasteiger partial charge on any atom is 0.294 e. The van der Waals surface area contributed by atoms with Gasteiger partial charge in [-0.3, -0.25) is 4.55 Å². The van der Waals surface area contributed by atoms with Gasteiger partial charge >= 0.3 is 0 Å². The number of hydrogen-bond acceptors (Lipinski definition) is 5. The fourth-order valence-corrected chi connectivity index (χ4v) is 9.66. The lowest BCUT2D eigenvalue weighted by molar-refractivity contribution is 0.483. The van der Waals surface area contributed by atoms with Crippen LogP contribution < -0.4 is 10.2 Å². The molecule has 9 heteroatoms. The van der Waals surface area contributed by atoms with E-state index >= 15 is 0 Å². The number of allylic oxidation sites excluding steroid dienone is 2. The Balaban J connectivity index is 1.45. The Morgan fingerprint density at radius 2 is 1.84 bits per heavy atom. The van der Waals surface area contributed by atoms with E-state index in [1.807, 2.05) is 36.1 Å². The molecule has 6 rings (SSSR count). The van der Waals surface area contributed by atoms with Gasteiger partial charge < -0.3 is 9.47 Å². The van der Waals surface area contributed by atoms with Crippen LogP contribution in [0.4, 0.5) is 5.69 Å². The molecular weight excluding hydrogens is 533 g/mol. The van der Waals surface area contributed by atoms with Gasteiger partial charge in [0.1, 0.15) is 0 Å². The standard InChI is InChI=1S/C29H26N3O3PS2/c1-31-15-14-30-29(31)25-16-21(17-28-36(2)26-18-22(38(33,34)35)12-13-27(26)37-28)23-10-6-7-11-24(23)32(25)19-20-8-4-3-5-9-20/h3-18,28H,19H2,1-2H3,(H,33,34,35). The zero-order chi connectivity index (χ0) is 26.4. The highest BCUT2D eigenvalue weighted by Crippen LogP contribution is 2.55. The minimum absolute atomic E-state index is 0.0453. The van der Waals surface area contributed by atoms with Gasteiger partial charge in [0.2, 0.25) is 0 Å². The number of fused-ring (bicyclic) bond motifs is 2. The van der Waals surface area contributed by atoms with E-state index in [0.29, 0.717) is 6.54 Å². The summed E-state index contributed by atoms with van der Waals surface area (Å²) in [5, 5.41) is 1.00. The number of nitrogens with zero attached hydrogens (tertiary/aromatic N) is 3. The highest BCUT2D eigenvalue weighted by atomic mass is 32.2. The van der Waals surface area contributed by atoms with Gasteiger partial charge in [0.25, 0.3) is 10.1 Å². The molecule has 4 aromatic rings. The predicted molar refractivity (Wildman–Crippen MR) is 157 cm³/mol. The van der Waals surface area contributed by atoms with Crippen LogP contribution in [0.2, 0.25) is 0 Å². The quantitative estimate of drug-likeness (QED) is 0.240. The van der Waals surface area contributed by atoms with Crippen LogP contribution in [0.3, 0.4) is 0 Å². The van der Waals surface area contributed by atoms with Crippen molar-refractivity contribution < 1.29 is 13.0 Å². The van der Waals surface area contributed by atoms with Crippen molar-refractivity contribution in [1.29, 1.82) is 0 Å². The van der Waals surface area contributed by atoms with Crippen LogP contribution in [0.15, 0.2) is 107 Å². The Bertz CT molecular complexity index is 1700. The van der Waals surface area contributed by atoms with Gasteiger partial charge in [-0.15, -0.1) is 11.8 Å². The van der Waals surface area contributed by atoms with Crippen LogP contribution in [0.1, 0.15) is 17.0 Å². The average Bonchev–Trinajstić information content (AvgIpc) is 3.47. The van der Waals surface area contributed by atoms with Crippen LogP contribution >= 0.6 is 19.7 Å². The number of hydrogen-bond donors (Lipinski definition) is 1. The first-order valence-electron chi connectivity index (χ1n) is 12.1. The largest absolute Gasteiger partial charge is 0.333 e. The molecule has 3 aromatic carbocycles. The maximum absolute atomic E-state index is 11.7. The first kappa shape index (κ1) is 25.1. The fraction of sp³-hybridized carbons (Fsp3) is 0.138. The van der Waals surface area contributed by atoms with Crippen LogP contribution in [0.5, 0.6) is 0 Å². The van der Waals surface area contributed by atoms with Gasteiger partial charge in [-0.1, -0.05) is 62.5 Å². The molecule has 0 radical (unpaired) electrons. The fourth-order valence-electron chi connectivity index (χ4n) is 4.94. The summed E-state index contributed by atoms with van der Waals surface area (Å²) in [5.74, 6) is 0.889. The van der Waals surface area contributed by atoms with E-state index in [2.05, 4.69) is 72.2 Å². The first-order chi connectivity index (χ1) is 18.3. The summed E-state index contributed by atoms with van der Waals surface area (Å²) < 4.78 is 35.1. The number of para-hydroxylation sites is 1. The second-order valence-electron chi connectivity index (χ2n) is 9.33. The molecule has 0 aliphatic carbocycles. The first-order valence-corrected chi connectivity index (χ1v) is 16.3. The number of anilines is 1. The lowest BCUT2D eigenvalue weighted by Crippen LogP contribution is -2.26. The van der Waals surface area contributed by atoms with Crippen LogP contribution in [0.25, 0.3) is 11.3 Å². The minimum atomic E-state index is -4.24. The van der Waals surface area contributed by atoms with E-state index in [1.54, 1.807) is 17.8 Å². The van der Waals surface area contributed by atoms with Crippen LogP contribution in [-0.4, -0.2) is 34.2 Å². The third-order valence-electron chi connectivity index (χ3n) is 6.88. The summed E-state index contributed by atoms with van der Waals surface area (Å²) in [6, 6.07) is 23.8. The number of imidazole rings is 1. The van der Waals surface area contributed by atoms with Gasteiger partial charge in [-0.2, -0.15) is 8.42 Å². The number of rotatable bonds is 5. The van der Waals surface area contributed by atoms with E-state index in [-0.39, 0.29) is 9.89 Å². The monoisotopic (exact) mass is 559 g/mol. The Morgan fingerprint density at radius 1 is 1.08 bits per heavy atom. The van der Waals surface area contributed by atoms with Crippen molar-refractivity contribution >= 4 is 52.1 Å². The molecule has 0 bridgehead atoms. The number of aromatic nitrogens is 2. The molecule has 38 heavy (non-hydrogen) atoms. The van der Waals surface area contributed by atoms with Gasteiger partial charge in [0.05, 0.1) is 15.6 Å². The molecule has 0 amide bonds. The van der Waals surface area contributed by atoms with Crippen molar-refractivity contribution in [1.82, 2.24) is 9.55 Å². The highest BCUT2D eigenvalue weighted by Gasteiger charge is 2.32. The van der Waals surface area contributed by atoms with Crippen molar-refractivity contribution in [2.24, 2.45) is 7.05 Å². The van der Waals surface area contributed by atoms with E-state index in [0.717, 1.165) is 38.5 Å². The topological polar surface area (TPSA) is 75.4 Å². The van der Waals surface area contributed by atoms with Crippen LogP contribution in [0, 0.1) is 0 Å². The summed E-state index contributed by atoms with van der Waals surface area (Å²) >= 11 is 1.75. The summed E-state index contributed by atoms with van der Waals surface area (Å²) in [5.41, 5.74) is 5.64. The maximum atomic E-state index is 11.7. The Kier molecular flexibility index (Phi) is 6.52. The normalized spacial score (nSPS) is 19.8. The summed E-state index contributed by atoms with van der Waals surface area (Å²) in [7, 11) is -2.92. The lowest BCUT2D eigenvalue weighted by atomic mass is 9.96. The molecule has 0 fully saturated rings. The summed E-state index contributed by atoms with van der Waals surface area (Å²) in [4.78, 5) is 8.21.